The molecule has 2 heteroatoms. The third-order valence-electron chi connectivity index (χ3n) is 15.7. The molecule has 1 spiro atoms. The van der Waals surface area contributed by atoms with Gasteiger partial charge < -0.3 is 4.90 Å². The predicted molar refractivity (Wildman–Crippen MR) is 275 cm³/mol. The van der Waals surface area contributed by atoms with Gasteiger partial charge in [-0.2, -0.15) is 0 Å². The Morgan fingerprint density at radius 3 is 1.12 bits per heavy atom. The molecule has 1 aliphatic heterocycles. The van der Waals surface area contributed by atoms with Gasteiger partial charge in [-0.05, 0) is 148 Å². The lowest BCUT2D eigenvalue weighted by Gasteiger charge is -2.41. The second-order valence-electron chi connectivity index (χ2n) is 22.2. The topological polar surface area (TPSA) is 3.24 Å². The van der Waals surface area contributed by atoms with Gasteiger partial charge in [-0.25, -0.2) is 0 Å². The minimum atomic E-state index is -0.533. The molecule has 12 rings (SSSR count). The van der Waals surface area contributed by atoms with E-state index in [2.05, 4.69) is 238 Å². The van der Waals surface area contributed by atoms with Crippen molar-refractivity contribution in [2.75, 3.05) is 4.90 Å². The third kappa shape index (κ3) is 5.59. The maximum atomic E-state index is 2.58. The molecule has 4 aliphatic rings. The van der Waals surface area contributed by atoms with Crippen molar-refractivity contribution in [3.63, 3.8) is 0 Å². The Kier molecular flexibility index (Phi) is 8.39. The first-order chi connectivity index (χ1) is 31.0. The summed E-state index contributed by atoms with van der Waals surface area (Å²) < 4.78 is 0. The van der Waals surface area contributed by atoms with Crippen LogP contribution in [0.1, 0.15) is 125 Å². The van der Waals surface area contributed by atoms with Crippen LogP contribution in [-0.2, 0) is 27.1 Å². The van der Waals surface area contributed by atoms with Gasteiger partial charge in [0.25, 0.3) is 0 Å². The van der Waals surface area contributed by atoms with E-state index in [-0.39, 0.29) is 21.7 Å². The molecule has 8 aromatic rings. The van der Waals surface area contributed by atoms with Crippen LogP contribution in [0.3, 0.4) is 0 Å². The zero-order valence-electron chi connectivity index (χ0n) is 39.4. The first-order valence-corrected chi connectivity index (χ1v) is 24.3. The summed E-state index contributed by atoms with van der Waals surface area (Å²) >= 11 is 1.94. The minimum absolute atomic E-state index is 0.0178. The summed E-state index contributed by atoms with van der Waals surface area (Å²) in [6.45, 7) is 23.7. The summed E-state index contributed by atoms with van der Waals surface area (Å²) in [6, 6.07) is 63.8. The average Bonchev–Trinajstić information content (AvgIpc) is 3.80. The van der Waals surface area contributed by atoms with Gasteiger partial charge in [-0.15, -0.1) is 0 Å². The summed E-state index contributed by atoms with van der Waals surface area (Å²) in [7, 11) is 0. The number of anilines is 3. The summed E-state index contributed by atoms with van der Waals surface area (Å²) in [5, 5.41) is 0. The van der Waals surface area contributed by atoms with E-state index >= 15 is 0 Å². The second kappa shape index (κ2) is 13.5. The van der Waals surface area contributed by atoms with Gasteiger partial charge in [-0.3, -0.25) is 0 Å². The molecule has 1 heterocycles. The van der Waals surface area contributed by atoms with Crippen LogP contribution in [0.2, 0.25) is 0 Å². The zero-order chi connectivity index (χ0) is 45.0. The van der Waals surface area contributed by atoms with Crippen LogP contribution in [0.15, 0.2) is 174 Å². The van der Waals surface area contributed by atoms with E-state index in [1.165, 1.54) is 110 Å². The Labute approximate surface area is 390 Å². The van der Waals surface area contributed by atoms with Gasteiger partial charge in [0.15, 0.2) is 0 Å². The molecule has 0 fully saturated rings. The van der Waals surface area contributed by atoms with E-state index in [4.69, 9.17) is 0 Å². The molecule has 320 valence electrons. The fourth-order valence-corrected chi connectivity index (χ4v) is 13.3. The monoisotopic (exact) mass is 859 g/mol. The third-order valence-corrected chi connectivity index (χ3v) is 16.8. The molecule has 65 heavy (non-hydrogen) atoms. The Morgan fingerprint density at radius 2 is 0.692 bits per heavy atom. The summed E-state index contributed by atoms with van der Waals surface area (Å²) in [5.74, 6) is 0. The van der Waals surface area contributed by atoms with E-state index in [0.29, 0.717) is 0 Å². The van der Waals surface area contributed by atoms with Crippen molar-refractivity contribution in [1.82, 2.24) is 0 Å². The van der Waals surface area contributed by atoms with Crippen molar-refractivity contribution in [2.24, 2.45) is 0 Å². The van der Waals surface area contributed by atoms with Gasteiger partial charge in [0.1, 0.15) is 0 Å². The molecular weight excluding hydrogens is 803 g/mol. The molecule has 0 bridgehead atoms. The maximum absolute atomic E-state index is 2.58. The molecule has 0 saturated carbocycles. The Bertz CT molecular complexity index is 3160. The van der Waals surface area contributed by atoms with Gasteiger partial charge >= 0.3 is 0 Å². The highest BCUT2D eigenvalue weighted by Gasteiger charge is 2.51. The van der Waals surface area contributed by atoms with E-state index in [1.807, 2.05) is 11.8 Å². The predicted octanol–water partition coefficient (Wildman–Crippen LogP) is 17.2. The highest BCUT2D eigenvalue weighted by Crippen LogP contribution is 2.64. The number of rotatable bonds is 3. The van der Waals surface area contributed by atoms with Crippen LogP contribution in [0.4, 0.5) is 17.1 Å². The normalized spacial score (nSPS) is 16.2. The number of hydrogen-bond acceptors (Lipinski definition) is 2. The molecule has 0 N–H and O–H groups in total. The smallest absolute Gasteiger partial charge is 0.0736 e. The Hall–Kier alpha value is -6.09. The highest BCUT2D eigenvalue weighted by molar-refractivity contribution is 7.99. The quantitative estimate of drug-likeness (QED) is 0.174. The first-order valence-electron chi connectivity index (χ1n) is 23.5. The fourth-order valence-electron chi connectivity index (χ4n) is 12.1. The van der Waals surface area contributed by atoms with E-state index in [9.17, 15) is 0 Å². The second-order valence-corrected chi connectivity index (χ2v) is 23.3. The van der Waals surface area contributed by atoms with Crippen LogP contribution in [0, 0.1) is 0 Å². The van der Waals surface area contributed by atoms with Gasteiger partial charge in [-0.1, -0.05) is 196 Å². The summed E-state index contributed by atoms with van der Waals surface area (Å²) in [5.41, 5.74) is 24.4. The van der Waals surface area contributed by atoms with Crippen LogP contribution in [0.25, 0.3) is 33.4 Å². The molecule has 0 amide bonds. The van der Waals surface area contributed by atoms with Crippen molar-refractivity contribution in [2.45, 2.75) is 106 Å². The lowest BCUT2D eigenvalue weighted by molar-refractivity contribution is 0.581. The first kappa shape index (κ1) is 40.4. The van der Waals surface area contributed by atoms with Crippen molar-refractivity contribution < 1.29 is 0 Å². The van der Waals surface area contributed by atoms with Crippen molar-refractivity contribution in [3.8, 4) is 33.4 Å². The molecule has 3 aliphatic carbocycles. The van der Waals surface area contributed by atoms with E-state index < -0.39 is 5.41 Å². The van der Waals surface area contributed by atoms with Gasteiger partial charge in [0.05, 0.1) is 5.41 Å². The SMILES string of the molecule is CC(C)(C)c1ccc2c(c1)C1(c3cc(C(C)(C)C)ccc3S2)c2ccccc2-c2ccc(N(c3ccc4c(c3)C(C)(C)c3ccccc3-4)c3ccc4c(c3)C(C)(C)c3ccccc3-4)cc21. The van der Waals surface area contributed by atoms with Crippen LogP contribution in [0.5, 0.6) is 0 Å². The Morgan fingerprint density at radius 1 is 0.338 bits per heavy atom. The Balaban J connectivity index is 1.15. The molecule has 0 radical (unpaired) electrons. The molecule has 8 aromatic carbocycles. The van der Waals surface area contributed by atoms with E-state index in [0.717, 1.165) is 5.69 Å². The lowest BCUT2D eigenvalue weighted by Crippen LogP contribution is -2.33. The largest absolute Gasteiger partial charge is 0.310 e. The highest BCUT2D eigenvalue weighted by atomic mass is 32.2. The van der Waals surface area contributed by atoms with Crippen LogP contribution in [-0.4, -0.2) is 0 Å². The molecular formula is C63H57NS. The van der Waals surface area contributed by atoms with Crippen molar-refractivity contribution in [1.29, 1.82) is 0 Å². The molecule has 1 nitrogen and oxygen atoms in total. The molecule has 0 atom stereocenters. The maximum Gasteiger partial charge on any atom is 0.0736 e. The van der Waals surface area contributed by atoms with Gasteiger partial charge in [0.2, 0.25) is 0 Å². The summed E-state index contributed by atoms with van der Waals surface area (Å²) in [4.78, 5) is 5.23. The van der Waals surface area contributed by atoms with Crippen LogP contribution < -0.4 is 4.90 Å². The van der Waals surface area contributed by atoms with Crippen molar-refractivity contribution >= 4 is 28.8 Å². The standard InChI is InChI=1S/C63H57NS/c1-59(2,3)38-23-31-57-55(33-38)63(56-34-39(60(4,5)6)24-32-58(56)65-57)51-22-16-13-19-45(51)48-30-27-42(37-54(48)63)64(40-25-28-46-43-17-11-14-20-49(43)61(7,8)52(46)35-40)41-26-29-47-44-18-12-15-21-50(44)62(9,10)53(47)36-41/h11-37H,1-10H3. The van der Waals surface area contributed by atoms with Crippen LogP contribution >= 0.6 is 11.8 Å². The molecule has 0 saturated heterocycles. The number of benzene rings is 8. The zero-order valence-corrected chi connectivity index (χ0v) is 40.3. The fraction of sp³-hybridized carbons (Fsp3) is 0.238. The number of fused-ring (bicyclic) bond motifs is 15. The minimum Gasteiger partial charge on any atom is -0.310 e. The molecule has 0 aromatic heterocycles. The van der Waals surface area contributed by atoms with E-state index in [1.54, 1.807) is 0 Å². The molecule has 0 unspecified atom stereocenters. The number of hydrogen-bond donors (Lipinski definition) is 0. The van der Waals surface area contributed by atoms with Gasteiger partial charge in [0, 0.05) is 37.7 Å². The van der Waals surface area contributed by atoms with Crippen molar-refractivity contribution in [3.05, 3.63) is 219 Å². The lowest BCUT2D eigenvalue weighted by atomic mass is 9.65. The number of nitrogens with zero attached hydrogens (tertiary/aromatic N) is 1. The average molecular weight is 860 g/mol. The summed E-state index contributed by atoms with van der Waals surface area (Å²) in [6.07, 6.45) is 0.